The standard InChI is InChI=1S/C20H29ClN2O2.ClH/c1-20(13-22)9-10-23(14-20)19(24)12-25-18-8-7-16(21)11-17(18)15-5-3-2-4-6-15;/h7-8,11,15H,2-6,9-10,12-14,22H2,1H3;1H. The Kier molecular flexibility index (Phi) is 7.63. The Morgan fingerprint density at radius 2 is 2.08 bits per heavy atom. The molecule has 1 atom stereocenters. The van der Waals surface area contributed by atoms with Crippen LogP contribution in [0.4, 0.5) is 0 Å². The fourth-order valence-corrected chi connectivity index (χ4v) is 4.20. The van der Waals surface area contributed by atoms with Gasteiger partial charge < -0.3 is 15.4 Å². The number of hydrogen-bond acceptors (Lipinski definition) is 3. The Bertz CT molecular complexity index is 620. The molecule has 3 rings (SSSR count). The number of rotatable bonds is 5. The van der Waals surface area contributed by atoms with Gasteiger partial charge in [0, 0.05) is 18.1 Å². The van der Waals surface area contributed by atoms with Crippen LogP contribution in [-0.2, 0) is 4.79 Å². The minimum absolute atomic E-state index is 0. The molecule has 6 heteroatoms. The highest BCUT2D eigenvalue weighted by atomic mass is 35.5. The van der Waals surface area contributed by atoms with Crippen LogP contribution in [0, 0.1) is 5.41 Å². The highest BCUT2D eigenvalue weighted by Gasteiger charge is 2.35. The summed E-state index contributed by atoms with van der Waals surface area (Å²) < 4.78 is 5.94. The highest BCUT2D eigenvalue weighted by Crippen LogP contribution is 2.38. The third kappa shape index (κ3) is 5.05. The average Bonchev–Trinajstić information content (AvgIpc) is 3.04. The molecule has 146 valence electrons. The second-order valence-corrected chi connectivity index (χ2v) is 8.32. The van der Waals surface area contributed by atoms with Crippen molar-refractivity contribution in [1.82, 2.24) is 4.90 Å². The monoisotopic (exact) mass is 400 g/mol. The van der Waals surface area contributed by atoms with Crippen LogP contribution in [0.3, 0.4) is 0 Å². The molecule has 0 bridgehead atoms. The lowest BCUT2D eigenvalue weighted by atomic mass is 9.84. The minimum Gasteiger partial charge on any atom is -0.483 e. The van der Waals surface area contributed by atoms with E-state index in [0.717, 1.165) is 35.8 Å². The van der Waals surface area contributed by atoms with Gasteiger partial charge in [-0.05, 0) is 60.9 Å². The molecule has 1 heterocycles. The van der Waals surface area contributed by atoms with E-state index in [4.69, 9.17) is 22.1 Å². The van der Waals surface area contributed by atoms with Gasteiger partial charge in [0.05, 0.1) is 0 Å². The van der Waals surface area contributed by atoms with Crippen LogP contribution in [0.25, 0.3) is 0 Å². The number of nitrogens with zero attached hydrogens (tertiary/aromatic N) is 1. The van der Waals surface area contributed by atoms with Gasteiger partial charge in [0.2, 0.25) is 0 Å². The summed E-state index contributed by atoms with van der Waals surface area (Å²) in [5.74, 6) is 1.34. The number of carbonyl (C=O) groups is 1. The van der Waals surface area contributed by atoms with Crippen molar-refractivity contribution >= 4 is 29.9 Å². The Balaban J connectivity index is 0.00000243. The minimum atomic E-state index is 0. The van der Waals surface area contributed by atoms with Crippen LogP contribution >= 0.6 is 24.0 Å². The topological polar surface area (TPSA) is 55.6 Å². The van der Waals surface area contributed by atoms with Gasteiger partial charge in [-0.15, -0.1) is 12.4 Å². The van der Waals surface area contributed by atoms with E-state index in [0.29, 0.717) is 12.5 Å². The lowest BCUT2D eigenvalue weighted by Gasteiger charge is -2.25. The van der Waals surface area contributed by atoms with Gasteiger partial charge in [-0.3, -0.25) is 4.79 Å². The van der Waals surface area contributed by atoms with Gasteiger partial charge in [0.15, 0.2) is 6.61 Å². The first-order valence-corrected chi connectivity index (χ1v) is 9.79. The molecule has 2 aliphatic rings. The molecule has 0 radical (unpaired) electrons. The van der Waals surface area contributed by atoms with Crippen LogP contribution in [0.1, 0.15) is 56.9 Å². The zero-order chi connectivity index (χ0) is 17.9. The molecule has 4 nitrogen and oxygen atoms in total. The van der Waals surface area contributed by atoms with Gasteiger partial charge in [-0.2, -0.15) is 0 Å². The Morgan fingerprint density at radius 1 is 1.35 bits per heavy atom. The van der Waals surface area contributed by atoms with Crippen molar-refractivity contribution < 1.29 is 9.53 Å². The molecule has 1 aromatic carbocycles. The smallest absolute Gasteiger partial charge is 0.260 e. The van der Waals surface area contributed by atoms with E-state index < -0.39 is 0 Å². The number of benzene rings is 1. The van der Waals surface area contributed by atoms with Crippen molar-refractivity contribution in [3.8, 4) is 5.75 Å². The fraction of sp³-hybridized carbons (Fsp3) is 0.650. The van der Waals surface area contributed by atoms with Gasteiger partial charge in [-0.1, -0.05) is 37.8 Å². The van der Waals surface area contributed by atoms with Crippen molar-refractivity contribution in [3.05, 3.63) is 28.8 Å². The molecule has 1 aromatic rings. The molecule has 1 aliphatic carbocycles. The van der Waals surface area contributed by atoms with E-state index in [9.17, 15) is 4.79 Å². The predicted molar refractivity (Wildman–Crippen MR) is 108 cm³/mol. The SMILES string of the molecule is CC1(CN)CCN(C(=O)COc2ccc(Cl)cc2C2CCCCC2)C1.Cl. The van der Waals surface area contributed by atoms with Crippen molar-refractivity contribution in [1.29, 1.82) is 0 Å². The summed E-state index contributed by atoms with van der Waals surface area (Å²) in [6.07, 6.45) is 7.11. The van der Waals surface area contributed by atoms with E-state index in [2.05, 4.69) is 6.92 Å². The zero-order valence-electron chi connectivity index (χ0n) is 15.5. The quantitative estimate of drug-likeness (QED) is 0.797. The molecule has 26 heavy (non-hydrogen) atoms. The van der Waals surface area contributed by atoms with E-state index in [-0.39, 0.29) is 30.3 Å². The molecule has 1 saturated heterocycles. The molecule has 1 unspecified atom stereocenters. The number of hydrogen-bond donors (Lipinski definition) is 1. The number of likely N-dealkylation sites (tertiary alicyclic amines) is 1. The summed E-state index contributed by atoms with van der Waals surface area (Å²) in [4.78, 5) is 14.4. The Hall–Kier alpha value is -0.970. The molecule has 1 saturated carbocycles. The average molecular weight is 401 g/mol. The third-order valence-corrected chi connectivity index (χ3v) is 6.01. The third-order valence-electron chi connectivity index (χ3n) is 5.77. The van der Waals surface area contributed by atoms with Crippen LogP contribution in [0.5, 0.6) is 5.75 Å². The first kappa shape index (κ1) is 21.3. The maximum absolute atomic E-state index is 12.5. The maximum Gasteiger partial charge on any atom is 0.260 e. The first-order chi connectivity index (χ1) is 12.0. The van der Waals surface area contributed by atoms with Crippen LogP contribution < -0.4 is 10.5 Å². The number of halogens is 2. The molecule has 1 amide bonds. The number of amides is 1. The molecule has 0 aromatic heterocycles. The van der Waals surface area contributed by atoms with Crippen molar-refractivity contribution in [3.63, 3.8) is 0 Å². The largest absolute Gasteiger partial charge is 0.483 e. The van der Waals surface area contributed by atoms with Gasteiger partial charge >= 0.3 is 0 Å². The highest BCUT2D eigenvalue weighted by molar-refractivity contribution is 6.30. The molecular formula is C20H30Cl2N2O2. The summed E-state index contributed by atoms with van der Waals surface area (Å²) >= 11 is 6.21. The van der Waals surface area contributed by atoms with Crippen molar-refractivity contribution in [2.75, 3.05) is 26.2 Å². The Morgan fingerprint density at radius 3 is 2.73 bits per heavy atom. The Labute approximate surface area is 167 Å². The lowest BCUT2D eigenvalue weighted by Crippen LogP contribution is -2.37. The summed E-state index contributed by atoms with van der Waals surface area (Å²) in [6, 6.07) is 5.77. The van der Waals surface area contributed by atoms with Gasteiger partial charge in [0.25, 0.3) is 5.91 Å². The van der Waals surface area contributed by atoms with Crippen LogP contribution in [-0.4, -0.2) is 37.0 Å². The lowest BCUT2D eigenvalue weighted by molar-refractivity contribution is -0.132. The van der Waals surface area contributed by atoms with E-state index in [1.807, 2.05) is 23.1 Å². The first-order valence-electron chi connectivity index (χ1n) is 9.41. The normalized spacial score (nSPS) is 23.6. The fourth-order valence-electron chi connectivity index (χ4n) is 4.02. The number of nitrogens with two attached hydrogens (primary N) is 1. The van der Waals surface area contributed by atoms with Crippen LogP contribution in [0.15, 0.2) is 18.2 Å². The second kappa shape index (κ2) is 9.29. The summed E-state index contributed by atoms with van der Waals surface area (Å²) in [7, 11) is 0. The van der Waals surface area contributed by atoms with E-state index >= 15 is 0 Å². The van der Waals surface area contributed by atoms with Crippen molar-refractivity contribution in [2.45, 2.75) is 51.4 Å². The van der Waals surface area contributed by atoms with Crippen LogP contribution in [0.2, 0.25) is 5.02 Å². The summed E-state index contributed by atoms with van der Waals surface area (Å²) in [5.41, 5.74) is 7.04. The number of ether oxygens (including phenoxy) is 1. The summed E-state index contributed by atoms with van der Waals surface area (Å²) in [6.45, 7) is 4.33. The van der Waals surface area contributed by atoms with Gasteiger partial charge in [-0.25, -0.2) is 0 Å². The number of carbonyl (C=O) groups excluding carboxylic acids is 1. The molecule has 2 N–H and O–H groups in total. The van der Waals surface area contributed by atoms with Crippen molar-refractivity contribution in [2.24, 2.45) is 11.1 Å². The predicted octanol–water partition coefficient (Wildman–Crippen LogP) is 4.39. The molecule has 2 fully saturated rings. The van der Waals surface area contributed by atoms with Gasteiger partial charge in [0.1, 0.15) is 5.75 Å². The molecule has 0 spiro atoms. The van der Waals surface area contributed by atoms with E-state index in [1.165, 1.54) is 32.1 Å². The zero-order valence-corrected chi connectivity index (χ0v) is 17.1. The van der Waals surface area contributed by atoms with E-state index in [1.54, 1.807) is 0 Å². The summed E-state index contributed by atoms with van der Waals surface area (Å²) in [5, 5.41) is 0.734. The molecular weight excluding hydrogens is 371 g/mol. The maximum atomic E-state index is 12.5. The molecule has 1 aliphatic heterocycles. The second-order valence-electron chi connectivity index (χ2n) is 7.89.